The summed E-state index contributed by atoms with van der Waals surface area (Å²) < 4.78 is 13.1. The van der Waals surface area contributed by atoms with Crippen LogP contribution in [0.5, 0.6) is 0 Å². The Morgan fingerprint density at radius 3 is 2.57 bits per heavy atom. The molecule has 1 aliphatic heterocycles. The molecule has 1 aromatic rings. The van der Waals surface area contributed by atoms with Gasteiger partial charge in [0.15, 0.2) is 0 Å². The van der Waals surface area contributed by atoms with Gasteiger partial charge < -0.3 is 10.4 Å². The van der Waals surface area contributed by atoms with E-state index in [1.54, 1.807) is 0 Å². The van der Waals surface area contributed by atoms with Crippen LogP contribution in [0, 0.1) is 17.7 Å². The lowest BCUT2D eigenvalue weighted by atomic mass is 9.85. The van der Waals surface area contributed by atoms with Crippen LogP contribution in [0.3, 0.4) is 0 Å². The predicted molar refractivity (Wildman–Crippen MR) is 85.2 cm³/mol. The fraction of sp³-hybridized carbons (Fsp3) is 0.588. The van der Waals surface area contributed by atoms with Gasteiger partial charge in [0.1, 0.15) is 5.82 Å². The number of carboxylic acid groups (broad SMARTS) is 1. The summed E-state index contributed by atoms with van der Waals surface area (Å²) in [5.41, 5.74) is 7.53. The van der Waals surface area contributed by atoms with Gasteiger partial charge >= 0.3 is 5.97 Å². The van der Waals surface area contributed by atoms with Crippen molar-refractivity contribution in [3.05, 3.63) is 35.6 Å². The Balaban J connectivity index is 1.50. The molecule has 2 fully saturated rings. The zero-order valence-electron chi connectivity index (χ0n) is 13.1. The minimum absolute atomic E-state index is 0.165. The molecule has 0 aromatic heterocycles. The van der Waals surface area contributed by atoms with Crippen molar-refractivity contribution in [2.24, 2.45) is 11.8 Å². The molecular formula is C17H24FN3O2. The number of rotatable bonds is 5. The van der Waals surface area contributed by atoms with Crippen molar-refractivity contribution in [3.63, 3.8) is 0 Å². The molecule has 0 spiro atoms. The van der Waals surface area contributed by atoms with E-state index in [-0.39, 0.29) is 17.8 Å². The van der Waals surface area contributed by atoms with E-state index >= 15 is 0 Å². The van der Waals surface area contributed by atoms with E-state index in [4.69, 9.17) is 5.11 Å². The Morgan fingerprint density at radius 1 is 1.22 bits per heavy atom. The Hall–Kier alpha value is -1.50. The molecule has 2 aliphatic rings. The fourth-order valence-electron chi connectivity index (χ4n) is 3.61. The number of carbonyl (C=O) groups is 1. The summed E-state index contributed by atoms with van der Waals surface area (Å²) in [6, 6.07) is 7.20. The molecule has 1 aliphatic carbocycles. The van der Waals surface area contributed by atoms with Gasteiger partial charge in [-0.2, -0.15) is 0 Å². The monoisotopic (exact) mass is 321 g/mol. The summed E-state index contributed by atoms with van der Waals surface area (Å²) in [6.07, 6.45) is 3.36. The maximum atomic E-state index is 13.1. The first-order chi connectivity index (χ1) is 11.1. The van der Waals surface area contributed by atoms with E-state index < -0.39 is 5.97 Å². The lowest BCUT2D eigenvalue weighted by molar-refractivity contribution is -0.142. The van der Waals surface area contributed by atoms with Crippen molar-refractivity contribution in [2.45, 2.75) is 37.8 Å². The second-order valence-corrected chi connectivity index (χ2v) is 6.61. The lowest BCUT2D eigenvalue weighted by Crippen LogP contribution is -2.39. The molecule has 1 saturated carbocycles. The van der Waals surface area contributed by atoms with Crippen molar-refractivity contribution in [3.8, 4) is 0 Å². The minimum atomic E-state index is -0.663. The third kappa shape index (κ3) is 4.07. The normalized spacial score (nSPS) is 31.2. The molecule has 3 rings (SSSR count). The number of hydrogen-bond acceptors (Lipinski definition) is 4. The Morgan fingerprint density at radius 2 is 1.91 bits per heavy atom. The number of halogens is 1. The Kier molecular flexibility index (Phi) is 5.25. The summed E-state index contributed by atoms with van der Waals surface area (Å²) in [4.78, 5) is 11.0. The zero-order chi connectivity index (χ0) is 16.2. The molecule has 4 N–H and O–H groups in total. The van der Waals surface area contributed by atoms with Crippen LogP contribution >= 0.6 is 0 Å². The van der Waals surface area contributed by atoms with Crippen LogP contribution in [0.2, 0.25) is 0 Å². The second-order valence-electron chi connectivity index (χ2n) is 6.61. The van der Waals surface area contributed by atoms with E-state index in [9.17, 15) is 9.18 Å². The van der Waals surface area contributed by atoms with Gasteiger partial charge in [0.05, 0.1) is 12.0 Å². The van der Waals surface area contributed by atoms with Gasteiger partial charge in [-0.1, -0.05) is 12.1 Å². The Bertz CT molecular complexity index is 529. The minimum Gasteiger partial charge on any atom is -0.481 e. The average molecular weight is 321 g/mol. The van der Waals surface area contributed by atoms with Gasteiger partial charge in [0.25, 0.3) is 0 Å². The van der Waals surface area contributed by atoms with Crippen LogP contribution in [0.1, 0.15) is 37.3 Å². The largest absolute Gasteiger partial charge is 0.481 e. The quantitative estimate of drug-likeness (QED) is 0.666. The maximum absolute atomic E-state index is 13.1. The lowest BCUT2D eigenvalue weighted by Gasteiger charge is -2.29. The van der Waals surface area contributed by atoms with Crippen molar-refractivity contribution in [1.82, 2.24) is 16.2 Å². The first kappa shape index (κ1) is 16.4. The fourth-order valence-corrected chi connectivity index (χ4v) is 3.61. The smallest absolute Gasteiger partial charge is 0.306 e. The molecule has 1 saturated heterocycles. The van der Waals surface area contributed by atoms with Crippen LogP contribution in [0.15, 0.2) is 24.3 Å². The summed E-state index contributed by atoms with van der Waals surface area (Å²) >= 11 is 0. The SMILES string of the molecule is O=C(O)C1CCC(NCC2CNNC2c2ccc(F)cc2)CC1. The average Bonchev–Trinajstić information content (AvgIpc) is 3.02. The van der Waals surface area contributed by atoms with Crippen molar-refractivity contribution < 1.29 is 14.3 Å². The van der Waals surface area contributed by atoms with Gasteiger partial charge in [0, 0.05) is 25.0 Å². The van der Waals surface area contributed by atoms with Crippen molar-refractivity contribution >= 4 is 5.97 Å². The molecule has 1 heterocycles. The van der Waals surface area contributed by atoms with Gasteiger partial charge in [-0.05, 0) is 43.4 Å². The van der Waals surface area contributed by atoms with E-state index in [1.807, 2.05) is 12.1 Å². The topological polar surface area (TPSA) is 73.4 Å². The number of hydrogen-bond donors (Lipinski definition) is 4. The molecule has 1 aromatic carbocycles. The van der Waals surface area contributed by atoms with Gasteiger partial charge in [-0.15, -0.1) is 0 Å². The molecule has 2 atom stereocenters. The van der Waals surface area contributed by atoms with E-state index in [0.29, 0.717) is 12.0 Å². The molecule has 0 radical (unpaired) electrons. The second kappa shape index (κ2) is 7.38. The van der Waals surface area contributed by atoms with Gasteiger partial charge in [0.2, 0.25) is 0 Å². The summed E-state index contributed by atoms with van der Waals surface area (Å²) in [7, 11) is 0. The van der Waals surface area contributed by atoms with Crippen LogP contribution in [0.4, 0.5) is 4.39 Å². The van der Waals surface area contributed by atoms with E-state index in [2.05, 4.69) is 16.2 Å². The van der Waals surface area contributed by atoms with Crippen LogP contribution in [0.25, 0.3) is 0 Å². The highest BCUT2D eigenvalue weighted by molar-refractivity contribution is 5.70. The number of carboxylic acids is 1. The molecule has 0 amide bonds. The van der Waals surface area contributed by atoms with E-state index in [1.165, 1.54) is 12.1 Å². The van der Waals surface area contributed by atoms with Crippen molar-refractivity contribution in [1.29, 1.82) is 0 Å². The molecule has 6 heteroatoms. The predicted octanol–water partition coefficient (Wildman–Crippen LogP) is 1.82. The summed E-state index contributed by atoms with van der Waals surface area (Å²) in [5.74, 6) is -0.666. The van der Waals surface area contributed by atoms with E-state index in [0.717, 1.165) is 44.3 Å². The van der Waals surface area contributed by atoms with Crippen LogP contribution in [-0.2, 0) is 4.79 Å². The molecule has 2 unspecified atom stereocenters. The highest BCUT2D eigenvalue weighted by atomic mass is 19.1. The first-order valence-electron chi connectivity index (χ1n) is 8.33. The Labute approximate surface area is 135 Å². The third-order valence-electron chi connectivity index (χ3n) is 5.07. The van der Waals surface area contributed by atoms with Gasteiger partial charge in [-0.3, -0.25) is 10.2 Å². The molecule has 5 nitrogen and oxygen atoms in total. The number of benzene rings is 1. The number of nitrogens with one attached hydrogen (secondary N) is 3. The van der Waals surface area contributed by atoms with Crippen molar-refractivity contribution in [2.75, 3.05) is 13.1 Å². The third-order valence-corrected chi connectivity index (χ3v) is 5.07. The summed E-state index contributed by atoms with van der Waals surface area (Å²) in [5, 5.41) is 12.6. The number of aliphatic carboxylic acids is 1. The van der Waals surface area contributed by atoms with Crippen LogP contribution < -0.4 is 16.2 Å². The standard InChI is InChI=1S/C17H24FN3O2/c18-14-5-1-11(2-6-14)16-13(10-20-21-16)9-19-15-7-3-12(4-8-15)17(22)23/h1-2,5-6,12-13,15-16,19-21H,3-4,7-10H2,(H,22,23). The maximum Gasteiger partial charge on any atom is 0.306 e. The highest BCUT2D eigenvalue weighted by Crippen LogP contribution is 2.27. The molecular weight excluding hydrogens is 297 g/mol. The first-order valence-corrected chi connectivity index (χ1v) is 8.33. The zero-order valence-corrected chi connectivity index (χ0v) is 13.1. The van der Waals surface area contributed by atoms with Crippen LogP contribution in [-0.4, -0.2) is 30.2 Å². The number of hydrazine groups is 1. The molecule has 23 heavy (non-hydrogen) atoms. The summed E-state index contributed by atoms with van der Waals surface area (Å²) in [6.45, 7) is 1.73. The molecule has 0 bridgehead atoms. The van der Waals surface area contributed by atoms with Gasteiger partial charge in [-0.25, -0.2) is 9.82 Å². The molecule has 126 valence electrons. The highest BCUT2D eigenvalue weighted by Gasteiger charge is 2.30.